The first-order chi connectivity index (χ1) is 29.0. The molecule has 0 amide bonds. The van der Waals surface area contributed by atoms with Gasteiger partial charge in [0.2, 0.25) is 0 Å². The molecule has 1 aliphatic rings. The zero-order valence-electron chi connectivity index (χ0n) is 32.7. The predicted octanol–water partition coefficient (Wildman–Crippen LogP) is 10.3. The van der Waals surface area contributed by atoms with E-state index >= 15 is 0 Å². The minimum atomic E-state index is -3.02. The highest BCUT2D eigenvalue weighted by atomic mass is 32.2. The number of aromatic nitrogens is 4. The molecule has 0 N–H and O–H groups in total. The summed E-state index contributed by atoms with van der Waals surface area (Å²) in [6, 6.07) is 65.6. The van der Waals surface area contributed by atoms with E-state index in [1.165, 1.54) is 68.7 Å². The van der Waals surface area contributed by atoms with E-state index < -0.39 is 8.07 Å². The van der Waals surface area contributed by atoms with Gasteiger partial charge < -0.3 is 0 Å². The molecule has 0 atom stereocenters. The summed E-state index contributed by atoms with van der Waals surface area (Å²) >= 11 is 1.88. The average molecular weight is 791 g/mol. The molecule has 0 spiro atoms. The standard InChI is InChI=1S/C53H38N4SSi/c1-53(2)44-20-10-12-22-47(44)58-48-29-28-42-41-27-25-38(34-46(41)57(51(42)50(48)53)49-23-13-14-30-54-49)59(35-15-5-3-6-16-35,36-17-7-4-8-18-36)37-24-26-39-40-19-9-11-21-45(40)56-32-31-55-52(56)43(39)33-37/h3-34H,1-2H3. The number of hydrogen-bond acceptors (Lipinski definition) is 3. The van der Waals surface area contributed by atoms with Gasteiger partial charge in [0.05, 0.1) is 16.6 Å². The lowest BCUT2D eigenvalue weighted by atomic mass is 9.76. The molecule has 0 saturated carbocycles. The van der Waals surface area contributed by atoms with Gasteiger partial charge in [0.1, 0.15) is 11.5 Å². The second-order valence-electron chi connectivity index (χ2n) is 16.2. The molecule has 12 rings (SSSR count). The van der Waals surface area contributed by atoms with Crippen molar-refractivity contribution in [2.75, 3.05) is 0 Å². The van der Waals surface area contributed by atoms with Crippen molar-refractivity contribution in [3.8, 4) is 5.82 Å². The summed E-state index contributed by atoms with van der Waals surface area (Å²) in [6.07, 6.45) is 5.93. The second-order valence-corrected chi connectivity index (χ2v) is 21.1. The van der Waals surface area contributed by atoms with Crippen molar-refractivity contribution in [2.45, 2.75) is 29.1 Å². The van der Waals surface area contributed by atoms with E-state index in [1.54, 1.807) is 0 Å². The van der Waals surface area contributed by atoms with Crippen molar-refractivity contribution in [1.29, 1.82) is 0 Å². The summed E-state index contributed by atoms with van der Waals surface area (Å²) in [6.45, 7) is 4.77. The topological polar surface area (TPSA) is 35.1 Å². The molecule has 11 aromatic rings. The molecule has 4 aromatic heterocycles. The number of para-hydroxylation sites is 1. The Balaban J connectivity index is 1.22. The average Bonchev–Trinajstić information content (AvgIpc) is 3.92. The van der Waals surface area contributed by atoms with Crippen molar-refractivity contribution >= 4 is 89.7 Å². The lowest BCUT2D eigenvalue weighted by Gasteiger charge is -2.35. The van der Waals surface area contributed by atoms with Crippen LogP contribution in [0.25, 0.3) is 54.9 Å². The Morgan fingerprint density at radius 3 is 1.93 bits per heavy atom. The molecular formula is C53H38N4SSi. The van der Waals surface area contributed by atoms with Crippen molar-refractivity contribution in [3.05, 3.63) is 206 Å². The van der Waals surface area contributed by atoms with Gasteiger partial charge in [0.15, 0.2) is 8.07 Å². The number of hydrogen-bond donors (Lipinski definition) is 0. The van der Waals surface area contributed by atoms with Gasteiger partial charge >= 0.3 is 0 Å². The molecule has 1 aliphatic heterocycles. The van der Waals surface area contributed by atoms with Crippen LogP contribution in [0.3, 0.4) is 0 Å². The van der Waals surface area contributed by atoms with Crippen LogP contribution in [-0.2, 0) is 5.41 Å². The maximum atomic E-state index is 5.07. The SMILES string of the molecule is CC1(C)c2ccccc2Sc2ccc3c4ccc([Si](c5ccccc5)(c5ccccc5)c5ccc6c7ccccc7n7ccnc7c6c5)cc4n(-c4ccccn4)c3c21. The largest absolute Gasteiger partial charge is 0.299 e. The van der Waals surface area contributed by atoms with Crippen molar-refractivity contribution in [1.82, 2.24) is 18.9 Å². The molecule has 280 valence electrons. The fourth-order valence-corrected chi connectivity index (χ4v) is 16.4. The Labute approximate surface area is 347 Å². The minimum Gasteiger partial charge on any atom is -0.299 e. The third kappa shape index (κ3) is 4.84. The van der Waals surface area contributed by atoms with Gasteiger partial charge in [0, 0.05) is 60.9 Å². The van der Waals surface area contributed by atoms with Crippen LogP contribution in [0.1, 0.15) is 25.0 Å². The summed E-state index contributed by atoms with van der Waals surface area (Å²) < 4.78 is 4.70. The van der Waals surface area contributed by atoms with E-state index in [0.29, 0.717) is 0 Å². The van der Waals surface area contributed by atoms with Crippen LogP contribution in [0.2, 0.25) is 0 Å². The Hall–Kier alpha value is -6.73. The number of benzene rings is 7. The van der Waals surface area contributed by atoms with Gasteiger partial charge in [-0.15, -0.1) is 0 Å². The molecule has 0 fully saturated rings. The molecule has 59 heavy (non-hydrogen) atoms. The maximum Gasteiger partial charge on any atom is 0.179 e. The number of imidazole rings is 1. The third-order valence-electron chi connectivity index (χ3n) is 12.8. The lowest BCUT2D eigenvalue weighted by molar-refractivity contribution is 0.611. The van der Waals surface area contributed by atoms with Crippen LogP contribution in [-0.4, -0.2) is 27.0 Å². The Kier molecular flexibility index (Phi) is 7.50. The predicted molar refractivity (Wildman–Crippen MR) is 249 cm³/mol. The van der Waals surface area contributed by atoms with Crippen molar-refractivity contribution in [2.24, 2.45) is 0 Å². The summed E-state index contributed by atoms with van der Waals surface area (Å²) in [5.74, 6) is 0.920. The van der Waals surface area contributed by atoms with Gasteiger partial charge in [0.25, 0.3) is 0 Å². The van der Waals surface area contributed by atoms with Crippen LogP contribution in [0.5, 0.6) is 0 Å². The normalized spacial score (nSPS) is 13.7. The molecule has 0 radical (unpaired) electrons. The highest BCUT2D eigenvalue weighted by Gasteiger charge is 2.43. The van der Waals surface area contributed by atoms with Crippen LogP contribution in [0, 0.1) is 0 Å². The molecular weight excluding hydrogens is 753 g/mol. The smallest absolute Gasteiger partial charge is 0.179 e. The van der Waals surface area contributed by atoms with Crippen molar-refractivity contribution < 1.29 is 0 Å². The number of fused-ring (bicyclic) bond motifs is 12. The first-order valence-corrected chi connectivity index (χ1v) is 23.0. The quantitative estimate of drug-likeness (QED) is 0.0990. The van der Waals surface area contributed by atoms with E-state index in [9.17, 15) is 0 Å². The highest BCUT2D eigenvalue weighted by molar-refractivity contribution is 7.99. The molecule has 0 bridgehead atoms. The second kappa shape index (κ2) is 12.9. The molecule has 7 aromatic carbocycles. The molecule has 0 unspecified atom stereocenters. The van der Waals surface area contributed by atoms with E-state index in [1.807, 2.05) is 30.2 Å². The first kappa shape index (κ1) is 34.3. The van der Waals surface area contributed by atoms with Crippen molar-refractivity contribution in [3.63, 3.8) is 0 Å². The van der Waals surface area contributed by atoms with Crippen LogP contribution >= 0.6 is 11.8 Å². The van der Waals surface area contributed by atoms with Gasteiger partial charge in [-0.2, -0.15) is 0 Å². The summed E-state index contributed by atoms with van der Waals surface area (Å²) in [7, 11) is -3.02. The third-order valence-corrected chi connectivity index (χ3v) is 18.7. The van der Waals surface area contributed by atoms with E-state index in [0.717, 1.165) is 27.9 Å². The Bertz CT molecular complexity index is 3410. The highest BCUT2D eigenvalue weighted by Crippen LogP contribution is 2.52. The summed E-state index contributed by atoms with van der Waals surface area (Å²) in [4.78, 5) is 12.7. The van der Waals surface area contributed by atoms with E-state index in [-0.39, 0.29) is 5.41 Å². The summed E-state index contributed by atoms with van der Waals surface area (Å²) in [5, 5.41) is 11.4. The van der Waals surface area contributed by atoms with Crippen LogP contribution in [0.4, 0.5) is 0 Å². The van der Waals surface area contributed by atoms with Gasteiger partial charge in [-0.05, 0) is 68.1 Å². The molecule has 4 nitrogen and oxygen atoms in total. The van der Waals surface area contributed by atoms with Gasteiger partial charge in [-0.1, -0.05) is 165 Å². The van der Waals surface area contributed by atoms with Crippen LogP contribution in [0.15, 0.2) is 204 Å². The zero-order valence-corrected chi connectivity index (χ0v) is 34.5. The number of nitrogens with zero attached hydrogens (tertiary/aromatic N) is 4. The first-order valence-electron chi connectivity index (χ1n) is 20.2. The van der Waals surface area contributed by atoms with Crippen LogP contribution < -0.4 is 20.7 Å². The fraction of sp³-hybridized carbons (Fsp3) is 0.0566. The molecule has 0 saturated heterocycles. The van der Waals surface area contributed by atoms with Gasteiger partial charge in [-0.25, -0.2) is 9.97 Å². The maximum absolute atomic E-state index is 5.07. The number of pyridine rings is 2. The fourth-order valence-electron chi connectivity index (χ4n) is 10.2. The zero-order chi connectivity index (χ0) is 39.3. The summed E-state index contributed by atoms with van der Waals surface area (Å²) in [5.41, 5.74) is 7.00. The Morgan fingerprint density at radius 2 is 1.15 bits per heavy atom. The molecule has 6 heteroatoms. The van der Waals surface area contributed by atoms with E-state index in [2.05, 4.69) is 199 Å². The molecule has 0 aliphatic carbocycles. The Morgan fingerprint density at radius 1 is 0.492 bits per heavy atom. The monoisotopic (exact) mass is 790 g/mol. The lowest BCUT2D eigenvalue weighted by Crippen LogP contribution is -2.74. The van der Waals surface area contributed by atoms with Gasteiger partial charge in [-0.3, -0.25) is 8.97 Å². The minimum absolute atomic E-state index is 0.236. The van der Waals surface area contributed by atoms with E-state index in [4.69, 9.17) is 9.97 Å². The molecule has 5 heterocycles. The number of rotatable bonds is 5.